The maximum atomic E-state index is 15.1. The number of likely N-dealkylation sites (tertiary alicyclic amines) is 1. The first kappa shape index (κ1) is 16.8. The molecule has 1 aromatic heterocycles. The zero-order valence-electron chi connectivity index (χ0n) is 13.8. The summed E-state index contributed by atoms with van der Waals surface area (Å²) < 4.78 is 20.3. The number of carbonyl (C=O) groups is 2. The van der Waals surface area contributed by atoms with Gasteiger partial charge in [0.15, 0.2) is 5.67 Å². The Morgan fingerprint density at radius 2 is 1.83 bits per heavy atom. The summed E-state index contributed by atoms with van der Waals surface area (Å²) in [5.74, 6) is -0.614. The largest absolute Gasteiger partial charge is 0.378 e. The lowest BCUT2D eigenvalue weighted by molar-refractivity contribution is -0.151. The summed E-state index contributed by atoms with van der Waals surface area (Å²) in [4.78, 5) is 32.3. The van der Waals surface area contributed by atoms with Crippen molar-refractivity contribution in [2.45, 2.75) is 25.4 Å². The van der Waals surface area contributed by atoms with E-state index in [1.54, 1.807) is 30.2 Å². The summed E-state index contributed by atoms with van der Waals surface area (Å²) in [5.41, 5.74) is -0.690. The van der Waals surface area contributed by atoms with Gasteiger partial charge in [-0.05, 0) is 19.1 Å². The maximum absolute atomic E-state index is 15.1. The second kappa shape index (κ2) is 6.84. The molecule has 7 heteroatoms. The molecule has 2 fully saturated rings. The Hall–Kier alpha value is -2.02. The Morgan fingerprint density at radius 3 is 2.46 bits per heavy atom. The fourth-order valence-electron chi connectivity index (χ4n) is 3.21. The molecule has 0 N–H and O–H groups in total. The van der Waals surface area contributed by atoms with Gasteiger partial charge in [0.25, 0.3) is 11.8 Å². The van der Waals surface area contributed by atoms with Crippen LogP contribution >= 0.6 is 0 Å². The fourth-order valence-corrected chi connectivity index (χ4v) is 3.21. The van der Waals surface area contributed by atoms with Crippen LogP contribution in [0.5, 0.6) is 0 Å². The molecule has 0 atom stereocenters. The van der Waals surface area contributed by atoms with E-state index in [4.69, 9.17) is 4.74 Å². The van der Waals surface area contributed by atoms with Crippen LogP contribution in [0.15, 0.2) is 18.3 Å². The van der Waals surface area contributed by atoms with Gasteiger partial charge in [0.2, 0.25) is 0 Å². The first-order valence-corrected chi connectivity index (χ1v) is 8.28. The van der Waals surface area contributed by atoms with Gasteiger partial charge >= 0.3 is 0 Å². The van der Waals surface area contributed by atoms with Crippen LogP contribution in [0.4, 0.5) is 4.39 Å². The van der Waals surface area contributed by atoms with E-state index in [9.17, 15) is 9.59 Å². The van der Waals surface area contributed by atoms with Crippen molar-refractivity contribution in [2.24, 2.45) is 0 Å². The third-order valence-corrected chi connectivity index (χ3v) is 4.76. The highest BCUT2D eigenvalue weighted by Crippen LogP contribution is 2.30. The first-order valence-electron chi connectivity index (χ1n) is 8.28. The number of ether oxygens (including phenoxy) is 1. The number of hydrogen-bond donors (Lipinski definition) is 0. The van der Waals surface area contributed by atoms with Gasteiger partial charge in [0.1, 0.15) is 0 Å². The third kappa shape index (κ3) is 3.26. The van der Waals surface area contributed by atoms with Crippen LogP contribution in [0.25, 0.3) is 0 Å². The average molecular weight is 335 g/mol. The van der Waals surface area contributed by atoms with E-state index in [0.717, 1.165) is 0 Å². The van der Waals surface area contributed by atoms with Gasteiger partial charge in [-0.25, -0.2) is 4.39 Å². The Kier molecular flexibility index (Phi) is 4.80. The standard InChI is InChI=1S/C17H22FN3O3/c1-13-14(3-2-6-19-13)15(22)20-7-4-17(18,5-8-20)16(23)21-9-11-24-12-10-21/h2-3,6H,4-5,7-12H2,1H3. The Morgan fingerprint density at radius 1 is 1.17 bits per heavy atom. The molecule has 0 spiro atoms. The SMILES string of the molecule is Cc1ncccc1C(=O)N1CCC(F)(C(=O)N2CCOCC2)CC1. The molecule has 2 aliphatic heterocycles. The second-order valence-corrected chi connectivity index (χ2v) is 6.30. The smallest absolute Gasteiger partial charge is 0.260 e. The number of piperidine rings is 1. The molecule has 24 heavy (non-hydrogen) atoms. The predicted octanol–water partition coefficient (Wildman–Crippen LogP) is 1.19. The quantitative estimate of drug-likeness (QED) is 0.815. The van der Waals surface area contributed by atoms with Crippen molar-refractivity contribution >= 4 is 11.8 Å². The van der Waals surface area contributed by atoms with Crippen LogP contribution in [-0.2, 0) is 9.53 Å². The van der Waals surface area contributed by atoms with Gasteiger partial charge in [0.05, 0.1) is 18.8 Å². The van der Waals surface area contributed by atoms with E-state index in [1.807, 2.05) is 0 Å². The molecule has 0 saturated carbocycles. The highest BCUT2D eigenvalue weighted by molar-refractivity contribution is 5.95. The van der Waals surface area contributed by atoms with Gasteiger partial charge in [-0.2, -0.15) is 0 Å². The molecule has 0 radical (unpaired) electrons. The van der Waals surface area contributed by atoms with Gasteiger partial charge in [-0.15, -0.1) is 0 Å². The van der Waals surface area contributed by atoms with Gasteiger partial charge < -0.3 is 14.5 Å². The van der Waals surface area contributed by atoms with Crippen LogP contribution in [-0.4, -0.2) is 71.7 Å². The lowest BCUT2D eigenvalue weighted by atomic mass is 9.91. The van der Waals surface area contributed by atoms with Crippen molar-refractivity contribution in [1.82, 2.24) is 14.8 Å². The van der Waals surface area contributed by atoms with E-state index in [2.05, 4.69) is 4.98 Å². The Labute approximate surface area is 140 Å². The zero-order chi connectivity index (χ0) is 17.2. The summed E-state index contributed by atoms with van der Waals surface area (Å²) in [6.45, 7) is 4.02. The van der Waals surface area contributed by atoms with E-state index >= 15 is 4.39 Å². The molecular formula is C17H22FN3O3. The van der Waals surface area contributed by atoms with E-state index < -0.39 is 11.6 Å². The number of alkyl halides is 1. The number of aromatic nitrogens is 1. The summed E-state index contributed by atoms with van der Waals surface area (Å²) >= 11 is 0. The van der Waals surface area contributed by atoms with Crippen LogP contribution in [0, 0.1) is 6.92 Å². The van der Waals surface area contributed by atoms with E-state index in [-0.39, 0.29) is 31.8 Å². The Balaban J connectivity index is 1.63. The molecule has 0 unspecified atom stereocenters. The molecule has 2 amide bonds. The van der Waals surface area contributed by atoms with E-state index in [0.29, 0.717) is 37.6 Å². The lowest BCUT2D eigenvalue weighted by Crippen LogP contribution is -2.55. The van der Waals surface area contributed by atoms with E-state index in [1.165, 1.54) is 4.90 Å². The highest BCUT2D eigenvalue weighted by atomic mass is 19.1. The number of hydrogen-bond acceptors (Lipinski definition) is 4. The summed E-state index contributed by atoms with van der Waals surface area (Å²) in [7, 11) is 0. The molecule has 3 rings (SSSR count). The minimum atomic E-state index is -1.88. The normalized spacial score (nSPS) is 20.8. The number of rotatable bonds is 2. The molecule has 130 valence electrons. The predicted molar refractivity (Wildman–Crippen MR) is 85.3 cm³/mol. The third-order valence-electron chi connectivity index (χ3n) is 4.76. The van der Waals surface area contributed by atoms with Crippen LogP contribution in [0.2, 0.25) is 0 Å². The van der Waals surface area contributed by atoms with Crippen molar-refractivity contribution in [3.05, 3.63) is 29.6 Å². The number of halogens is 1. The molecule has 6 nitrogen and oxygen atoms in total. The van der Waals surface area contributed by atoms with Crippen molar-refractivity contribution in [3.63, 3.8) is 0 Å². The molecule has 1 aromatic rings. The number of morpholine rings is 1. The number of carbonyl (C=O) groups excluding carboxylic acids is 2. The summed E-state index contributed by atoms with van der Waals surface area (Å²) in [6, 6.07) is 3.44. The monoisotopic (exact) mass is 335 g/mol. The van der Waals surface area contributed by atoms with Crippen LogP contribution in [0.3, 0.4) is 0 Å². The Bertz CT molecular complexity index is 623. The van der Waals surface area contributed by atoms with Gasteiger partial charge in [-0.1, -0.05) is 0 Å². The number of pyridine rings is 1. The molecule has 3 heterocycles. The average Bonchev–Trinajstić information content (AvgIpc) is 2.62. The lowest BCUT2D eigenvalue weighted by Gasteiger charge is -2.39. The minimum Gasteiger partial charge on any atom is -0.378 e. The molecule has 0 aliphatic carbocycles. The van der Waals surface area contributed by atoms with Gasteiger partial charge in [0, 0.05) is 50.9 Å². The number of amides is 2. The topological polar surface area (TPSA) is 62.7 Å². The molecule has 2 saturated heterocycles. The first-order chi connectivity index (χ1) is 11.5. The molecule has 2 aliphatic rings. The van der Waals surface area contributed by atoms with Gasteiger partial charge in [-0.3, -0.25) is 14.6 Å². The molecule has 0 aromatic carbocycles. The summed E-state index contributed by atoms with van der Waals surface area (Å²) in [5, 5.41) is 0. The van der Waals surface area contributed by atoms with Crippen molar-refractivity contribution in [3.8, 4) is 0 Å². The van der Waals surface area contributed by atoms with Crippen molar-refractivity contribution in [1.29, 1.82) is 0 Å². The molecule has 0 bridgehead atoms. The molecular weight excluding hydrogens is 313 g/mol. The number of nitrogens with zero attached hydrogens (tertiary/aromatic N) is 3. The van der Waals surface area contributed by atoms with Crippen molar-refractivity contribution < 1.29 is 18.7 Å². The highest BCUT2D eigenvalue weighted by Gasteiger charge is 2.45. The zero-order valence-corrected chi connectivity index (χ0v) is 13.8. The maximum Gasteiger partial charge on any atom is 0.260 e. The van der Waals surface area contributed by atoms with Crippen LogP contribution < -0.4 is 0 Å². The summed E-state index contributed by atoms with van der Waals surface area (Å²) in [6.07, 6.45) is 1.71. The fraction of sp³-hybridized carbons (Fsp3) is 0.588. The second-order valence-electron chi connectivity index (χ2n) is 6.30. The number of aryl methyl sites for hydroxylation is 1. The minimum absolute atomic E-state index is 0.0360. The van der Waals surface area contributed by atoms with Crippen molar-refractivity contribution in [2.75, 3.05) is 39.4 Å². The van der Waals surface area contributed by atoms with Crippen LogP contribution in [0.1, 0.15) is 28.9 Å².